The number of hydrazone groups is 1. The third-order valence-corrected chi connectivity index (χ3v) is 2.75. The quantitative estimate of drug-likeness (QED) is 0.600. The number of nitrogens with one attached hydrogen (secondary N) is 1. The molecule has 0 saturated carbocycles. The van der Waals surface area contributed by atoms with E-state index in [1.165, 1.54) is 24.4 Å². The number of benzene rings is 2. The molecule has 0 aliphatic rings. The maximum Gasteiger partial charge on any atom is 0.275 e. The molecule has 3 N–H and O–H groups in total. The van der Waals surface area contributed by atoms with Crippen molar-refractivity contribution < 1.29 is 15.0 Å². The van der Waals surface area contributed by atoms with Gasteiger partial charge in [-0.15, -0.1) is 0 Å². The number of carbonyl (C=O) groups excluding carboxylic acids is 1. The van der Waals surface area contributed by atoms with Gasteiger partial charge in [-0.05, 0) is 30.3 Å². The van der Waals surface area contributed by atoms with E-state index in [9.17, 15) is 15.0 Å². The number of carbonyl (C=O) groups is 1. The molecule has 0 saturated heterocycles. The minimum atomic E-state index is -0.548. The van der Waals surface area contributed by atoms with E-state index in [0.717, 1.165) is 0 Å². The van der Waals surface area contributed by atoms with Gasteiger partial charge in [-0.2, -0.15) is 5.10 Å². The lowest BCUT2D eigenvalue weighted by molar-refractivity contribution is 0.0952. The van der Waals surface area contributed by atoms with E-state index >= 15 is 0 Å². The molecule has 2 aromatic carbocycles. The zero-order valence-electron chi connectivity index (χ0n) is 10.2. The van der Waals surface area contributed by atoms with Gasteiger partial charge in [-0.25, -0.2) is 5.43 Å². The molecule has 1 amide bonds. The van der Waals surface area contributed by atoms with E-state index in [1.54, 1.807) is 24.3 Å². The molecule has 0 spiro atoms. The number of aromatic hydroxyl groups is 2. The smallest absolute Gasteiger partial charge is 0.275 e. The molecule has 0 bridgehead atoms. The zero-order valence-corrected chi connectivity index (χ0v) is 11.0. The van der Waals surface area contributed by atoms with E-state index in [2.05, 4.69) is 10.5 Å². The Bertz CT molecular complexity index is 671. The molecular weight excluding hydrogens is 280 g/mol. The Morgan fingerprint density at radius 1 is 1.15 bits per heavy atom. The summed E-state index contributed by atoms with van der Waals surface area (Å²) in [7, 11) is 0. The maximum atomic E-state index is 11.7. The van der Waals surface area contributed by atoms with Gasteiger partial charge in [0, 0.05) is 10.6 Å². The van der Waals surface area contributed by atoms with Crippen LogP contribution in [0.5, 0.6) is 11.5 Å². The minimum Gasteiger partial charge on any atom is -0.507 e. The van der Waals surface area contributed by atoms with Crippen LogP contribution in [0.25, 0.3) is 0 Å². The van der Waals surface area contributed by atoms with Gasteiger partial charge in [0.05, 0.1) is 11.8 Å². The monoisotopic (exact) mass is 290 g/mol. The number of hydrogen-bond acceptors (Lipinski definition) is 4. The van der Waals surface area contributed by atoms with Gasteiger partial charge < -0.3 is 10.2 Å². The van der Waals surface area contributed by atoms with Crippen LogP contribution in [0.1, 0.15) is 15.9 Å². The second-order valence-corrected chi connectivity index (χ2v) is 4.36. The van der Waals surface area contributed by atoms with Crippen LogP contribution in [0, 0.1) is 0 Å². The highest BCUT2D eigenvalue weighted by Gasteiger charge is 2.08. The van der Waals surface area contributed by atoms with Crippen molar-refractivity contribution in [3.05, 3.63) is 58.6 Å². The van der Waals surface area contributed by atoms with Gasteiger partial charge in [0.15, 0.2) is 0 Å². The van der Waals surface area contributed by atoms with Gasteiger partial charge in [0.1, 0.15) is 11.5 Å². The summed E-state index contributed by atoms with van der Waals surface area (Å²) in [4.78, 5) is 11.7. The topological polar surface area (TPSA) is 81.9 Å². The summed E-state index contributed by atoms with van der Waals surface area (Å²) in [6.45, 7) is 0. The minimum absolute atomic E-state index is 0.0435. The van der Waals surface area contributed by atoms with Gasteiger partial charge in [0.2, 0.25) is 0 Å². The highest BCUT2D eigenvalue weighted by molar-refractivity contribution is 6.30. The van der Waals surface area contributed by atoms with E-state index in [0.29, 0.717) is 10.6 Å². The average Bonchev–Trinajstić information content (AvgIpc) is 2.41. The van der Waals surface area contributed by atoms with Crippen molar-refractivity contribution in [3.8, 4) is 11.5 Å². The van der Waals surface area contributed by atoms with Crippen molar-refractivity contribution in [3.63, 3.8) is 0 Å². The molecule has 0 aromatic heterocycles. The van der Waals surface area contributed by atoms with Gasteiger partial charge in [-0.1, -0.05) is 23.7 Å². The predicted molar refractivity (Wildman–Crippen MR) is 76.3 cm³/mol. The molecule has 0 atom stereocenters. The molecule has 2 aromatic rings. The van der Waals surface area contributed by atoms with Gasteiger partial charge in [-0.3, -0.25) is 4.79 Å². The number of halogens is 1. The third-order valence-electron chi connectivity index (χ3n) is 2.51. The van der Waals surface area contributed by atoms with Gasteiger partial charge >= 0.3 is 0 Å². The Morgan fingerprint density at radius 2 is 1.90 bits per heavy atom. The molecule has 0 aliphatic carbocycles. The molecule has 5 nitrogen and oxygen atoms in total. The van der Waals surface area contributed by atoms with Crippen LogP contribution in [0.15, 0.2) is 47.6 Å². The summed E-state index contributed by atoms with van der Waals surface area (Å²) in [5, 5.41) is 23.2. The zero-order chi connectivity index (χ0) is 14.5. The Labute approximate surface area is 120 Å². The van der Waals surface area contributed by atoms with Crippen molar-refractivity contribution in [1.29, 1.82) is 0 Å². The summed E-state index contributed by atoms with van der Waals surface area (Å²) in [6.07, 6.45) is 1.28. The predicted octanol–water partition coefficient (Wildman–Crippen LogP) is 2.52. The number of nitrogens with zero attached hydrogens (tertiary/aromatic N) is 1. The molecular formula is C14H11ClN2O3. The normalized spacial score (nSPS) is 10.7. The van der Waals surface area contributed by atoms with Crippen molar-refractivity contribution >= 4 is 23.7 Å². The molecule has 6 heteroatoms. The van der Waals surface area contributed by atoms with Crippen LogP contribution in [0.2, 0.25) is 5.02 Å². The lowest BCUT2D eigenvalue weighted by atomic mass is 10.2. The lowest BCUT2D eigenvalue weighted by Crippen LogP contribution is -2.17. The van der Waals surface area contributed by atoms with Crippen molar-refractivity contribution in [2.24, 2.45) is 5.10 Å². The standard InChI is InChI=1S/C14H11ClN2O3/c15-10-6-5-9(13(19)7-10)8-16-17-14(20)11-3-1-2-4-12(11)18/h1-8,18-19H,(H,17,20)/b16-8+. The summed E-state index contributed by atoms with van der Waals surface area (Å²) in [6, 6.07) is 10.6. The fraction of sp³-hybridized carbons (Fsp3) is 0. The first-order valence-corrected chi connectivity index (χ1v) is 6.05. The fourth-order valence-electron chi connectivity index (χ4n) is 1.51. The molecule has 0 fully saturated rings. The number of phenolic OH excluding ortho intramolecular Hbond substituents is 2. The first-order valence-electron chi connectivity index (χ1n) is 5.68. The van der Waals surface area contributed by atoms with Crippen LogP contribution in [-0.2, 0) is 0 Å². The van der Waals surface area contributed by atoms with Crippen molar-refractivity contribution in [2.45, 2.75) is 0 Å². The Morgan fingerprint density at radius 3 is 2.60 bits per heavy atom. The Balaban J connectivity index is 2.07. The molecule has 2 rings (SSSR count). The number of hydrogen-bond donors (Lipinski definition) is 3. The van der Waals surface area contributed by atoms with Gasteiger partial charge in [0.25, 0.3) is 5.91 Å². The average molecular weight is 291 g/mol. The number of rotatable bonds is 3. The van der Waals surface area contributed by atoms with E-state index in [1.807, 2.05) is 0 Å². The summed E-state index contributed by atoms with van der Waals surface area (Å²) >= 11 is 5.70. The van der Waals surface area contributed by atoms with Crippen molar-refractivity contribution in [2.75, 3.05) is 0 Å². The number of phenols is 2. The van der Waals surface area contributed by atoms with Crippen LogP contribution in [-0.4, -0.2) is 22.3 Å². The summed E-state index contributed by atoms with van der Waals surface area (Å²) in [5.74, 6) is -0.722. The highest BCUT2D eigenvalue weighted by atomic mass is 35.5. The van der Waals surface area contributed by atoms with Crippen LogP contribution < -0.4 is 5.43 Å². The maximum absolute atomic E-state index is 11.7. The van der Waals surface area contributed by atoms with Crippen LogP contribution in [0.3, 0.4) is 0 Å². The fourth-order valence-corrected chi connectivity index (χ4v) is 1.68. The summed E-state index contributed by atoms with van der Waals surface area (Å²) < 4.78 is 0. The van der Waals surface area contributed by atoms with E-state index in [4.69, 9.17) is 11.6 Å². The SMILES string of the molecule is O=C(N/N=C/c1ccc(Cl)cc1O)c1ccccc1O. The Hall–Kier alpha value is -2.53. The first kappa shape index (κ1) is 13.9. The lowest BCUT2D eigenvalue weighted by Gasteiger charge is -2.02. The van der Waals surface area contributed by atoms with E-state index in [-0.39, 0.29) is 17.1 Å². The third kappa shape index (κ3) is 3.27. The van der Waals surface area contributed by atoms with Crippen LogP contribution in [0.4, 0.5) is 0 Å². The largest absolute Gasteiger partial charge is 0.507 e. The first-order chi connectivity index (χ1) is 9.58. The van der Waals surface area contributed by atoms with Crippen molar-refractivity contribution in [1.82, 2.24) is 5.43 Å². The van der Waals surface area contributed by atoms with E-state index < -0.39 is 5.91 Å². The molecule has 0 aliphatic heterocycles. The molecule has 20 heavy (non-hydrogen) atoms. The van der Waals surface area contributed by atoms with Crippen LogP contribution >= 0.6 is 11.6 Å². The number of para-hydroxylation sites is 1. The molecule has 102 valence electrons. The second kappa shape index (κ2) is 6.08. The summed E-state index contributed by atoms with van der Waals surface area (Å²) in [5.41, 5.74) is 2.78. The number of amides is 1. The second-order valence-electron chi connectivity index (χ2n) is 3.92. The molecule has 0 heterocycles. The Kier molecular flexibility index (Phi) is 4.22. The molecule has 0 radical (unpaired) electrons. The molecule has 0 unspecified atom stereocenters. The highest BCUT2D eigenvalue weighted by Crippen LogP contribution is 2.20.